The van der Waals surface area contributed by atoms with Gasteiger partial charge in [-0.15, -0.1) is 0 Å². The molecule has 1 aromatic rings. The Hall–Kier alpha value is -1.40. The molecule has 100 valence electrons. The lowest BCUT2D eigenvalue weighted by Crippen LogP contribution is -2.18. The summed E-state index contributed by atoms with van der Waals surface area (Å²) in [6, 6.07) is 0.200. The zero-order chi connectivity index (χ0) is 13.1. The minimum absolute atomic E-state index is 0.0446. The zero-order valence-corrected chi connectivity index (χ0v) is 10.3. The van der Waals surface area contributed by atoms with Gasteiger partial charge in [-0.2, -0.15) is 0 Å². The molecule has 0 aliphatic heterocycles. The van der Waals surface area contributed by atoms with Gasteiger partial charge in [-0.1, -0.05) is 0 Å². The maximum absolute atomic E-state index is 11.4. The van der Waals surface area contributed by atoms with Gasteiger partial charge in [0.1, 0.15) is 6.10 Å². The van der Waals surface area contributed by atoms with Crippen LogP contribution in [0.3, 0.4) is 0 Å². The summed E-state index contributed by atoms with van der Waals surface area (Å²) in [5.41, 5.74) is 0.325. The fourth-order valence-corrected chi connectivity index (χ4v) is 2.36. The summed E-state index contributed by atoms with van der Waals surface area (Å²) >= 11 is 0. The third kappa shape index (κ3) is 2.70. The summed E-state index contributed by atoms with van der Waals surface area (Å²) in [5, 5.41) is 18.4. The van der Waals surface area contributed by atoms with E-state index >= 15 is 0 Å². The van der Waals surface area contributed by atoms with Crippen LogP contribution < -0.4 is 10.3 Å². The number of aryl methyl sites for hydroxylation is 1. The SMILES string of the molecule is Cc1cnc(OC2C[C@@H](CO)[C@@H](CO)C2)[nH]c1=O. The molecule has 1 aliphatic rings. The molecular formula is C12H18N2O4. The van der Waals surface area contributed by atoms with Gasteiger partial charge < -0.3 is 14.9 Å². The Labute approximate surface area is 105 Å². The molecule has 0 amide bonds. The maximum atomic E-state index is 11.4. The standard InChI is InChI=1S/C12H18N2O4/c1-7-4-13-12(14-11(7)17)18-10-2-8(5-15)9(3-10)6-16/h4,8-10,15-16H,2-3,5-6H2,1H3,(H,13,14,17)/t8-,9+,10?. The van der Waals surface area contributed by atoms with Crippen LogP contribution in [0, 0.1) is 18.8 Å². The summed E-state index contributed by atoms with van der Waals surface area (Å²) < 4.78 is 5.59. The van der Waals surface area contributed by atoms with Crippen LogP contribution in [0.2, 0.25) is 0 Å². The monoisotopic (exact) mass is 254 g/mol. The van der Waals surface area contributed by atoms with E-state index in [1.807, 2.05) is 0 Å². The van der Waals surface area contributed by atoms with E-state index in [0.29, 0.717) is 18.4 Å². The van der Waals surface area contributed by atoms with Gasteiger partial charge in [-0.05, 0) is 31.6 Å². The van der Waals surface area contributed by atoms with E-state index in [2.05, 4.69) is 9.97 Å². The molecule has 1 unspecified atom stereocenters. The number of hydrogen-bond acceptors (Lipinski definition) is 5. The molecule has 2 rings (SSSR count). The van der Waals surface area contributed by atoms with Crippen molar-refractivity contribution in [2.75, 3.05) is 13.2 Å². The summed E-state index contributed by atoms with van der Waals surface area (Å²) in [5.74, 6) is 0.106. The van der Waals surface area contributed by atoms with Gasteiger partial charge in [0.15, 0.2) is 0 Å². The molecule has 6 heteroatoms. The normalized spacial score (nSPS) is 27.4. The van der Waals surface area contributed by atoms with Crippen LogP contribution in [0.25, 0.3) is 0 Å². The number of aromatic amines is 1. The van der Waals surface area contributed by atoms with E-state index in [9.17, 15) is 15.0 Å². The summed E-state index contributed by atoms with van der Waals surface area (Å²) in [7, 11) is 0. The fourth-order valence-electron chi connectivity index (χ4n) is 2.36. The smallest absolute Gasteiger partial charge is 0.296 e. The molecule has 1 heterocycles. The third-order valence-electron chi connectivity index (χ3n) is 3.50. The first kappa shape index (κ1) is 13.0. The van der Waals surface area contributed by atoms with E-state index in [1.165, 1.54) is 6.20 Å². The molecule has 6 nitrogen and oxygen atoms in total. The highest BCUT2D eigenvalue weighted by atomic mass is 16.5. The summed E-state index contributed by atoms with van der Waals surface area (Å²) in [6.07, 6.45) is 2.68. The van der Waals surface area contributed by atoms with Crippen LogP contribution in [0.5, 0.6) is 6.01 Å². The number of nitrogens with one attached hydrogen (secondary N) is 1. The Bertz CT molecular complexity index is 448. The van der Waals surface area contributed by atoms with E-state index in [-0.39, 0.29) is 42.7 Å². The summed E-state index contributed by atoms with van der Waals surface area (Å²) in [6.45, 7) is 1.76. The second-order valence-electron chi connectivity index (χ2n) is 4.80. The minimum atomic E-state index is -0.213. The molecule has 18 heavy (non-hydrogen) atoms. The van der Waals surface area contributed by atoms with Crippen molar-refractivity contribution in [2.24, 2.45) is 11.8 Å². The van der Waals surface area contributed by atoms with Crippen molar-refractivity contribution in [3.05, 3.63) is 22.1 Å². The quantitative estimate of drug-likeness (QED) is 0.693. The van der Waals surface area contributed by atoms with Crippen LogP contribution in [-0.4, -0.2) is 39.5 Å². The number of nitrogens with zero attached hydrogens (tertiary/aromatic N) is 1. The Morgan fingerprint density at radius 3 is 2.50 bits per heavy atom. The molecule has 0 radical (unpaired) electrons. The second-order valence-corrected chi connectivity index (χ2v) is 4.80. The number of rotatable bonds is 4. The Morgan fingerprint density at radius 1 is 1.39 bits per heavy atom. The lowest BCUT2D eigenvalue weighted by Gasteiger charge is -2.12. The van der Waals surface area contributed by atoms with Crippen molar-refractivity contribution in [1.29, 1.82) is 0 Å². The number of hydrogen-bond donors (Lipinski definition) is 3. The number of ether oxygens (including phenoxy) is 1. The van der Waals surface area contributed by atoms with Gasteiger partial charge in [0, 0.05) is 25.0 Å². The second kappa shape index (κ2) is 5.49. The van der Waals surface area contributed by atoms with Gasteiger partial charge >= 0.3 is 0 Å². The molecule has 0 aromatic carbocycles. The molecule has 1 aliphatic carbocycles. The van der Waals surface area contributed by atoms with Crippen molar-refractivity contribution in [3.8, 4) is 6.01 Å². The molecule has 3 atom stereocenters. The average Bonchev–Trinajstić information content (AvgIpc) is 2.76. The first-order valence-electron chi connectivity index (χ1n) is 6.08. The molecule has 0 bridgehead atoms. The van der Waals surface area contributed by atoms with Gasteiger partial charge in [-0.3, -0.25) is 9.78 Å². The fraction of sp³-hybridized carbons (Fsp3) is 0.667. The van der Waals surface area contributed by atoms with Gasteiger partial charge in [0.25, 0.3) is 11.6 Å². The highest BCUT2D eigenvalue weighted by molar-refractivity contribution is 5.06. The van der Waals surface area contributed by atoms with Gasteiger partial charge in [-0.25, -0.2) is 4.98 Å². The van der Waals surface area contributed by atoms with E-state index in [4.69, 9.17) is 4.74 Å². The first-order valence-corrected chi connectivity index (χ1v) is 6.08. The first-order chi connectivity index (χ1) is 8.63. The summed E-state index contributed by atoms with van der Waals surface area (Å²) in [4.78, 5) is 18.0. The molecule has 0 spiro atoms. The Kier molecular flexibility index (Phi) is 3.98. The number of H-pyrrole nitrogens is 1. The highest BCUT2D eigenvalue weighted by Gasteiger charge is 2.34. The molecular weight excluding hydrogens is 236 g/mol. The molecule has 3 N–H and O–H groups in total. The largest absolute Gasteiger partial charge is 0.461 e. The topological polar surface area (TPSA) is 95.4 Å². The Morgan fingerprint density at radius 2 is 2.00 bits per heavy atom. The predicted molar refractivity (Wildman–Crippen MR) is 64.4 cm³/mol. The van der Waals surface area contributed by atoms with Crippen LogP contribution >= 0.6 is 0 Å². The van der Waals surface area contributed by atoms with Crippen molar-refractivity contribution < 1.29 is 14.9 Å². The minimum Gasteiger partial charge on any atom is -0.461 e. The number of aromatic nitrogens is 2. The van der Waals surface area contributed by atoms with Crippen LogP contribution in [0.1, 0.15) is 18.4 Å². The Balaban J connectivity index is 2.02. The van der Waals surface area contributed by atoms with E-state index < -0.39 is 0 Å². The third-order valence-corrected chi connectivity index (χ3v) is 3.50. The average molecular weight is 254 g/mol. The van der Waals surface area contributed by atoms with Gasteiger partial charge in [0.05, 0.1) is 0 Å². The molecule has 1 aromatic heterocycles. The number of aliphatic hydroxyl groups is 2. The maximum Gasteiger partial charge on any atom is 0.296 e. The molecule has 1 saturated carbocycles. The van der Waals surface area contributed by atoms with E-state index in [1.54, 1.807) is 6.92 Å². The lowest BCUT2D eigenvalue weighted by molar-refractivity contribution is 0.141. The highest BCUT2D eigenvalue weighted by Crippen LogP contribution is 2.33. The van der Waals surface area contributed by atoms with E-state index in [0.717, 1.165) is 0 Å². The zero-order valence-electron chi connectivity index (χ0n) is 10.3. The van der Waals surface area contributed by atoms with Crippen LogP contribution in [0.15, 0.2) is 11.0 Å². The van der Waals surface area contributed by atoms with Crippen molar-refractivity contribution >= 4 is 0 Å². The van der Waals surface area contributed by atoms with Crippen molar-refractivity contribution in [2.45, 2.75) is 25.9 Å². The lowest BCUT2D eigenvalue weighted by atomic mass is 9.98. The van der Waals surface area contributed by atoms with Gasteiger partial charge in [0.2, 0.25) is 0 Å². The molecule has 0 saturated heterocycles. The van der Waals surface area contributed by atoms with Crippen LogP contribution in [-0.2, 0) is 0 Å². The van der Waals surface area contributed by atoms with Crippen molar-refractivity contribution in [3.63, 3.8) is 0 Å². The predicted octanol–water partition coefficient (Wildman–Crippen LogP) is -0.163. The van der Waals surface area contributed by atoms with Crippen LogP contribution in [0.4, 0.5) is 0 Å². The van der Waals surface area contributed by atoms with Crippen molar-refractivity contribution in [1.82, 2.24) is 9.97 Å². The molecule has 1 fully saturated rings. The number of aliphatic hydroxyl groups excluding tert-OH is 2.